The molecule has 3 aromatic rings. The van der Waals surface area contributed by atoms with Gasteiger partial charge < -0.3 is 21.7 Å². The van der Waals surface area contributed by atoms with Crippen LogP contribution in [-0.2, 0) is 16.3 Å². The number of nitrogens with one attached hydrogen (secondary N) is 1. The van der Waals surface area contributed by atoms with Crippen molar-refractivity contribution in [3.63, 3.8) is 0 Å². The Morgan fingerprint density at radius 3 is 2.65 bits per heavy atom. The number of carbonyl (C=O) groups is 1. The lowest BCUT2D eigenvalue weighted by Crippen LogP contribution is -2.27. The van der Waals surface area contributed by atoms with Crippen molar-refractivity contribution >= 4 is 32.9 Å². The number of hydrogen-bond donors (Lipinski definition) is 3. The molecule has 1 saturated heterocycles. The molecule has 10 nitrogen and oxygen atoms in total. The smallest absolute Gasteiger partial charge is 0.278 e. The van der Waals surface area contributed by atoms with E-state index < -0.39 is 21.0 Å². The van der Waals surface area contributed by atoms with Crippen LogP contribution in [0.15, 0.2) is 48.9 Å². The number of anilines is 3. The summed E-state index contributed by atoms with van der Waals surface area (Å²) in [5.41, 5.74) is 15.1. The summed E-state index contributed by atoms with van der Waals surface area (Å²) in [7, 11) is -3.15. The average molecular weight is 482 g/mol. The van der Waals surface area contributed by atoms with E-state index in [4.69, 9.17) is 11.5 Å². The molecule has 4 rings (SSSR count). The Hall–Kier alpha value is -3.57. The SMILES string of the molecule is CS(=O)(=O)C1CCN(c2ccncc2NC(=O)c2nc(-c3ccc(CCN)cc3)cnc2N)C1. The van der Waals surface area contributed by atoms with Crippen molar-refractivity contribution in [2.45, 2.75) is 18.1 Å². The second-order valence-electron chi connectivity index (χ2n) is 8.26. The number of amides is 1. The molecule has 1 aromatic carbocycles. The van der Waals surface area contributed by atoms with Gasteiger partial charge in [-0.2, -0.15) is 0 Å². The Morgan fingerprint density at radius 1 is 1.21 bits per heavy atom. The van der Waals surface area contributed by atoms with Gasteiger partial charge in [-0.3, -0.25) is 9.78 Å². The molecule has 0 radical (unpaired) electrons. The largest absolute Gasteiger partial charge is 0.382 e. The highest BCUT2D eigenvalue weighted by atomic mass is 32.2. The molecule has 0 spiro atoms. The zero-order valence-electron chi connectivity index (χ0n) is 18.8. The van der Waals surface area contributed by atoms with E-state index in [1.165, 1.54) is 18.6 Å². The lowest BCUT2D eigenvalue weighted by Gasteiger charge is -2.21. The molecule has 1 unspecified atom stereocenters. The first-order chi connectivity index (χ1) is 16.3. The van der Waals surface area contributed by atoms with Crippen LogP contribution in [0.5, 0.6) is 0 Å². The molecule has 2 aromatic heterocycles. The first kappa shape index (κ1) is 23.6. The van der Waals surface area contributed by atoms with Gasteiger partial charge in [0.15, 0.2) is 21.3 Å². The van der Waals surface area contributed by atoms with Gasteiger partial charge in [0.25, 0.3) is 5.91 Å². The molecule has 178 valence electrons. The monoisotopic (exact) mass is 481 g/mol. The summed E-state index contributed by atoms with van der Waals surface area (Å²) in [5.74, 6) is -0.524. The van der Waals surface area contributed by atoms with Crippen molar-refractivity contribution in [1.82, 2.24) is 15.0 Å². The van der Waals surface area contributed by atoms with Crippen LogP contribution in [0.1, 0.15) is 22.5 Å². The van der Waals surface area contributed by atoms with Crippen molar-refractivity contribution < 1.29 is 13.2 Å². The molecule has 0 bridgehead atoms. The van der Waals surface area contributed by atoms with Crippen LogP contribution in [0, 0.1) is 0 Å². The van der Waals surface area contributed by atoms with Gasteiger partial charge in [0.1, 0.15) is 0 Å². The zero-order chi connectivity index (χ0) is 24.3. The minimum atomic E-state index is -3.15. The fourth-order valence-electron chi connectivity index (χ4n) is 3.95. The molecule has 1 atom stereocenters. The van der Waals surface area contributed by atoms with Crippen LogP contribution in [0.2, 0.25) is 0 Å². The lowest BCUT2D eigenvalue weighted by molar-refractivity contribution is 0.102. The van der Waals surface area contributed by atoms with Gasteiger partial charge in [-0.15, -0.1) is 0 Å². The standard InChI is InChI=1S/C23H27N7O3S/c1-34(32,33)17-8-11-30(14-17)20-7-10-26-12-19(20)29-23(31)21-22(25)27-13-18(28-21)16-4-2-15(3-5-16)6-9-24/h2-5,7,10,12-13,17H,6,8-9,11,14,24H2,1H3,(H2,25,27)(H,29,31). The third-order valence-electron chi connectivity index (χ3n) is 5.84. The predicted octanol–water partition coefficient (Wildman–Crippen LogP) is 1.50. The molecule has 1 aliphatic rings. The molecule has 34 heavy (non-hydrogen) atoms. The summed E-state index contributed by atoms with van der Waals surface area (Å²) in [6.07, 6.45) is 7.19. The minimum Gasteiger partial charge on any atom is -0.382 e. The maximum atomic E-state index is 13.1. The second-order valence-corrected chi connectivity index (χ2v) is 10.6. The number of nitrogens with zero attached hydrogens (tertiary/aromatic N) is 4. The normalized spacial score (nSPS) is 15.9. The van der Waals surface area contributed by atoms with Crippen molar-refractivity contribution in [1.29, 1.82) is 0 Å². The quantitative estimate of drug-likeness (QED) is 0.455. The van der Waals surface area contributed by atoms with E-state index in [0.717, 1.165) is 17.5 Å². The maximum absolute atomic E-state index is 13.1. The first-order valence-corrected chi connectivity index (χ1v) is 12.8. The van der Waals surface area contributed by atoms with Gasteiger partial charge >= 0.3 is 0 Å². The Labute approximate surface area is 198 Å². The van der Waals surface area contributed by atoms with Crippen molar-refractivity contribution in [2.24, 2.45) is 5.73 Å². The minimum absolute atomic E-state index is 0.00440. The number of aromatic nitrogens is 3. The molecule has 3 heterocycles. The number of nitrogens with two attached hydrogens (primary N) is 2. The van der Waals surface area contributed by atoms with Gasteiger partial charge in [0.05, 0.1) is 34.7 Å². The number of hydrogen-bond acceptors (Lipinski definition) is 9. The number of carbonyl (C=O) groups excluding carboxylic acids is 1. The molecule has 0 saturated carbocycles. The summed E-state index contributed by atoms with van der Waals surface area (Å²) in [6, 6.07) is 9.47. The van der Waals surface area contributed by atoms with Gasteiger partial charge in [-0.1, -0.05) is 24.3 Å². The highest BCUT2D eigenvalue weighted by Crippen LogP contribution is 2.30. The predicted molar refractivity (Wildman–Crippen MR) is 132 cm³/mol. The van der Waals surface area contributed by atoms with Crippen LogP contribution in [0.25, 0.3) is 11.3 Å². The van der Waals surface area contributed by atoms with Crippen LogP contribution in [-0.4, -0.2) is 60.4 Å². The number of sulfone groups is 1. The van der Waals surface area contributed by atoms with Gasteiger partial charge in [-0.05, 0) is 31.0 Å². The van der Waals surface area contributed by atoms with Crippen molar-refractivity contribution in [3.8, 4) is 11.3 Å². The van der Waals surface area contributed by atoms with Crippen LogP contribution in [0.4, 0.5) is 17.2 Å². The van der Waals surface area contributed by atoms with E-state index in [1.54, 1.807) is 12.3 Å². The van der Waals surface area contributed by atoms with Gasteiger partial charge in [-0.25, -0.2) is 18.4 Å². The van der Waals surface area contributed by atoms with Crippen LogP contribution < -0.4 is 21.7 Å². The van der Waals surface area contributed by atoms with Crippen LogP contribution >= 0.6 is 0 Å². The van der Waals surface area contributed by atoms with Gasteiger partial charge in [0.2, 0.25) is 0 Å². The molecule has 5 N–H and O–H groups in total. The van der Waals surface area contributed by atoms with Crippen molar-refractivity contribution in [2.75, 3.05) is 41.8 Å². The lowest BCUT2D eigenvalue weighted by atomic mass is 10.1. The molecule has 0 aliphatic carbocycles. The molecule has 1 fully saturated rings. The van der Waals surface area contributed by atoms with Gasteiger partial charge in [0, 0.05) is 31.1 Å². The fraction of sp³-hybridized carbons (Fsp3) is 0.304. The highest BCUT2D eigenvalue weighted by Gasteiger charge is 2.31. The van der Waals surface area contributed by atoms with E-state index in [1.807, 2.05) is 29.2 Å². The Balaban J connectivity index is 1.56. The highest BCUT2D eigenvalue weighted by molar-refractivity contribution is 7.91. The Bertz CT molecular complexity index is 1300. The van der Waals surface area contributed by atoms with E-state index in [0.29, 0.717) is 43.1 Å². The molecule has 1 amide bonds. The Morgan fingerprint density at radius 2 is 1.97 bits per heavy atom. The van der Waals surface area contributed by atoms with Crippen LogP contribution in [0.3, 0.4) is 0 Å². The summed E-state index contributed by atoms with van der Waals surface area (Å²) in [6.45, 7) is 1.47. The second kappa shape index (κ2) is 9.74. The topological polar surface area (TPSA) is 157 Å². The average Bonchev–Trinajstić information content (AvgIpc) is 3.31. The molecular weight excluding hydrogens is 454 g/mol. The third-order valence-corrected chi connectivity index (χ3v) is 7.43. The van der Waals surface area contributed by atoms with E-state index in [9.17, 15) is 13.2 Å². The summed E-state index contributed by atoms with van der Waals surface area (Å²) < 4.78 is 23.9. The van der Waals surface area contributed by atoms with E-state index >= 15 is 0 Å². The fourth-order valence-corrected chi connectivity index (χ4v) is 4.93. The molecule has 1 aliphatic heterocycles. The van der Waals surface area contributed by atoms with E-state index in [2.05, 4.69) is 20.3 Å². The van der Waals surface area contributed by atoms with E-state index in [-0.39, 0.29) is 11.5 Å². The third kappa shape index (κ3) is 5.15. The summed E-state index contributed by atoms with van der Waals surface area (Å²) >= 11 is 0. The first-order valence-electron chi connectivity index (χ1n) is 10.9. The number of pyridine rings is 1. The molecule has 11 heteroatoms. The maximum Gasteiger partial charge on any atom is 0.278 e. The Kier molecular flexibility index (Phi) is 6.75. The number of benzene rings is 1. The van der Waals surface area contributed by atoms with Crippen molar-refractivity contribution in [3.05, 3.63) is 60.2 Å². The molecular formula is C23H27N7O3S. The number of nitrogen functional groups attached to an aromatic ring is 1. The zero-order valence-corrected chi connectivity index (χ0v) is 19.6. The number of rotatable bonds is 7. The summed E-state index contributed by atoms with van der Waals surface area (Å²) in [5, 5.41) is 2.37. The summed E-state index contributed by atoms with van der Waals surface area (Å²) in [4.78, 5) is 27.7.